The molecule has 96 valence electrons. The van der Waals surface area contributed by atoms with Crippen molar-refractivity contribution in [3.63, 3.8) is 0 Å². The molecule has 1 aliphatic rings. The molecular weight excluding hydrogens is 222 g/mol. The van der Waals surface area contributed by atoms with Crippen molar-refractivity contribution in [3.05, 3.63) is 23.8 Å². The fourth-order valence-electron chi connectivity index (χ4n) is 2.71. The molecule has 0 bridgehead atoms. The van der Waals surface area contributed by atoms with Gasteiger partial charge in [-0.05, 0) is 37.0 Å². The van der Waals surface area contributed by atoms with Crippen LogP contribution in [0.2, 0.25) is 0 Å². The molecule has 3 nitrogen and oxygen atoms in total. The quantitative estimate of drug-likeness (QED) is 0.614. The molecule has 1 aliphatic carbocycles. The largest absolute Gasteiger partial charge is 0.397 e. The van der Waals surface area contributed by atoms with Crippen LogP contribution in [0.25, 0.3) is 0 Å². The van der Waals surface area contributed by atoms with Gasteiger partial charge in [-0.15, -0.1) is 0 Å². The maximum Gasteiger partial charge on any atom is 0.0992 e. The fourth-order valence-corrected chi connectivity index (χ4v) is 2.71. The van der Waals surface area contributed by atoms with Crippen molar-refractivity contribution in [2.24, 2.45) is 5.92 Å². The van der Waals surface area contributed by atoms with Crippen LogP contribution in [0.15, 0.2) is 18.2 Å². The molecule has 0 spiro atoms. The summed E-state index contributed by atoms with van der Waals surface area (Å²) in [4.78, 5) is 0. The number of nitrogens with zero attached hydrogens (tertiary/aromatic N) is 1. The van der Waals surface area contributed by atoms with Crippen LogP contribution in [0.3, 0.4) is 0 Å². The SMILES string of the molecule is N#Cc1ccc(NCCCC2CCCC2)c(N)c1. The van der Waals surface area contributed by atoms with Crippen LogP contribution in [0.5, 0.6) is 0 Å². The van der Waals surface area contributed by atoms with Crippen molar-refractivity contribution in [1.82, 2.24) is 0 Å². The van der Waals surface area contributed by atoms with E-state index in [0.717, 1.165) is 18.2 Å². The lowest BCUT2D eigenvalue weighted by atomic mass is 10.0. The predicted molar refractivity (Wildman–Crippen MR) is 75.3 cm³/mol. The van der Waals surface area contributed by atoms with Gasteiger partial charge in [-0.2, -0.15) is 5.26 Å². The Bertz CT molecular complexity index is 428. The van der Waals surface area contributed by atoms with Crippen LogP contribution in [-0.2, 0) is 0 Å². The highest BCUT2D eigenvalue weighted by atomic mass is 14.9. The number of hydrogen-bond acceptors (Lipinski definition) is 3. The van der Waals surface area contributed by atoms with E-state index in [-0.39, 0.29) is 0 Å². The average Bonchev–Trinajstić information content (AvgIpc) is 2.89. The Balaban J connectivity index is 1.74. The molecule has 2 rings (SSSR count). The number of nitrogens with two attached hydrogens (primary N) is 1. The second kappa shape index (κ2) is 6.30. The standard InChI is InChI=1S/C15H21N3/c16-11-13-7-8-15(14(17)10-13)18-9-3-6-12-4-1-2-5-12/h7-8,10,12,18H,1-6,9,17H2. The Morgan fingerprint density at radius 2 is 2.11 bits per heavy atom. The molecule has 0 saturated heterocycles. The zero-order valence-electron chi connectivity index (χ0n) is 10.8. The van der Waals surface area contributed by atoms with Crippen LogP contribution < -0.4 is 11.1 Å². The number of hydrogen-bond donors (Lipinski definition) is 2. The number of rotatable bonds is 5. The van der Waals surface area contributed by atoms with Gasteiger partial charge in [0, 0.05) is 6.54 Å². The highest BCUT2D eigenvalue weighted by Crippen LogP contribution is 2.28. The van der Waals surface area contributed by atoms with Crippen molar-refractivity contribution in [3.8, 4) is 6.07 Å². The maximum absolute atomic E-state index is 8.76. The minimum atomic E-state index is 0.615. The average molecular weight is 243 g/mol. The first kappa shape index (κ1) is 12.8. The summed E-state index contributed by atoms with van der Waals surface area (Å²) in [5, 5.41) is 12.1. The molecule has 1 fully saturated rings. The van der Waals surface area contributed by atoms with Gasteiger partial charge in [0.25, 0.3) is 0 Å². The second-order valence-electron chi connectivity index (χ2n) is 5.13. The van der Waals surface area contributed by atoms with E-state index < -0.39 is 0 Å². The van der Waals surface area contributed by atoms with Gasteiger partial charge >= 0.3 is 0 Å². The minimum Gasteiger partial charge on any atom is -0.397 e. The fraction of sp³-hybridized carbons (Fsp3) is 0.533. The topological polar surface area (TPSA) is 61.8 Å². The highest BCUT2D eigenvalue weighted by molar-refractivity contribution is 5.68. The Morgan fingerprint density at radius 3 is 2.78 bits per heavy atom. The number of benzene rings is 1. The zero-order valence-corrected chi connectivity index (χ0v) is 10.8. The molecule has 1 aromatic rings. The third-order valence-electron chi connectivity index (χ3n) is 3.76. The molecule has 18 heavy (non-hydrogen) atoms. The maximum atomic E-state index is 8.76. The lowest BCUT2D eigenvalue weighted by Gasteiger charge is -2.11. The van der Waals surface area contributed by atoms with Crippen LogP contribution in [-0.4, -0.2) is 6.54 Å². The Labute approximate surface area is 109 Å². The summed E-state index contributed by atoms with van der Waals surface area (Å²) in [6.45, 7) is 0.965. The molecule has 3 N–H and O–H groups in total. The molecule has 0 atom stereocenters. The van der Waals surface area contributed by atoms with E-state index in [2.05, 4.69) is 11.4 Å². The number of nitrogen functional groups attached to an aromatic ring is 1. The van der Waals surface area contributed by atoms with Crippen molar-refractivity contribution < 1.29 is 0 Å². The minimum absolute atomic E-state index is 0.615. The van der Waals surface area contributed by atoms with Gasteiger partial charge < -0.3 is 11.1 Å². The van der Waals surface area contributed by atoms with Gasteiger partial charge in [0.15, 0.2) is 0 Å². The van der Waals surface area contributed by atoms with E-state index in [9.17, 15) is 0 Å². The summed E-state index contributed by atoms with van der Waals surface area (Å²) in [6, 6.07) is 7.51. The lowest BCUT2D eigenvalue weighted by molar-refractivity contribution is 0.491. The number of nitriles is 1. The zero-order chi connectivity index (χ0) is 12.8. The molecule has 1 aromatic carbocycles. The summed E-state index contributed by atoms with van der Waals surface area (Å²) in [5.74, 6) is 0.949. The normalized spacial score (nSPS) is 15.5. The van der Waals surface area contributed by atoms with E-state index in [0.29, 0.717) is 11.3 Å². The summed E-state index contributed by atoms with van der Waals surface area (Å²) < 4.78 is 0. The third-order valence-corrected chi connectivity index (χ3v) is 3.76. The molecule has 0 aliphatic heterocycles. The first-order valence-electron chi connectivity index (χ1n) is 6.83. The first-order chi connectivity index (χ1) is 8.79. The molecule has 3 heteroatoms. The van der Waals surface area contributed by atoms with Gasteiger partial charge in [0.2, 0.25) is 0 Å². The third kappa shape index (κ3) is 3.40. The molecule has 0 aromatic heterocycles. The Morgan fingerprint density at radius 1 is 1.33 bits per heavy atom. The van der Waals surface area contributed by atoms with E-state index in [4.69, 9.17) is 11.0 Å². The highest BCUT2D eigenvalue weighted by Gasteiger charge is 2.13. The monoisotopic (exact) mass is 243 g/mol. The van der Waals surface area contributed by atoms with Gasteiger partial charge in [-0.3, -0.25) is 0 Å². The van der Waals surface area contributed by atoms with Crippen LogP contribution in [0.1, 0.15) is 44.1 Å². The van der Waals surface area contributed by atoms with Crippen molar-refractivity contribution in [1.29, 1.82) is 5.26 Å². The molecule has 0 amide bonds. The van der Waals surface area contributed by atoms with Crippen LogP contribution >= 0.6 is 0 Å². The Hall–Kier alpha value is -1.69. The molecular formula is C15H21N3. The van der Waals surface area contributed by atoms with Crippen molar-refractivity contribution in [2.45, 2.75) is 38.5 Å². The van der Waals surface area contributed by atoms with Gasteiger partial charge in [-0.25, -0.2) is 0 Å². The van der Waals surface area contributed by atoms with Crippen molar-refractivity contribution in [2.75, 3.05) is 17.6 Å². The van der Waals surface area contributed by atoms with Crippen LogP contribution in [0, 0.1) is 17.2 Å². The lowest BCUT2D eigenvalue weighted by Crippen LogP contribution is -2.06. The molecule has 0 radical (unpaired) electrons. The molecule has 0 unspecified atom stereocenters. The first-order valence-corrected chi connectivity index (χ1v) is 6.83. The van der Waals surface area contributed by atoms with Gasteiger partial charge in [0.05, 0.1) is 23.0 Å². The van der Waals surface area contributed by atoms with E-state index in [1.807, 2.05) is 6.07 Å². The second-order valence-corrected chi connectivity index (χ2v) is 5.13. The number of nitrogens with one attached hydrogen (secondary N) is 1. The summed E-state index contributed by atoms with van der Waals surface area (Å²) in [5.41, 5.74) is 8.11. The predicted octanol–water partition coefficient (Wildman–Crippen LogP) is 3.52. The van der Waals surface area contributed by atoms with Gasteiger partial charge in [-0.1, -0.05) is 25.7 Å². The van der Waals surface area contributed by atoms with Crippen molar-refractivity contribution >= 4 is 11.4 Å². The van der Waals surface area contributed by atoms with E-state index >= 15 is 0 Å². The summed E-state index contributed by atoms with van der Waals surface area (Å²) in [6.07, 6.45) is 8.19. The van der Waals surface area contributed by atoms with E-state index in [1.165, 1.54) is 38.5 Å². The molecule has 1 saturated carbocycles. The Kier molecular flexibility index (Phi) is 4.46. The molecule has 0 heterocycles. The van der Waals surface area contributed by atoms with Crippen LogP contribution in [0.4, 0.5) is 11.4 Å². The van der Waals surface area contributed by atoms with E-state index in [1.54, 1.807) is 12.1 Å². The number of anilines is 2. The van der Waals surface area contributed by atoms with Gasteiger partial charge in [0.1, 0.15) is 0 Å². The summed E-state index contributed by atoms with van der Waals surface area (Å²) >= 11 is 0. The summed E-state index contributed by atoms with van der Waals surface area (Å²) in [7, 11) is 0. The smallest absolute Gasteiger partial charge is 0.0992 e.